The number of amides is 1. The first-order valence-electron chi connectivity index (χ1n) is 9.99. The quantitative estimate of drug-likeness (QED) is 0.234. The second-order valence-electron chi connectivity index (χ2n) is 6.50. The number of halogens is 2. The largest absolute Gasteiger partial charge is 0.493 e. The van der Waals surface area contributed by atoms with Gasteiger partial charge in [-0.15, -0.1) is 0 Å². The van der Waals surface area contributed by atoms with Crippen LogP contribution in [0.4, 0.5) is 11.4 Å². The maximum Gasteiger partial charge on any atom is 0.276 e. The van der Waals surface area contributed by atoms with E-state index in [1.807, 2.05) is 13.8 Å². The van der Waals surface area contributed by atoms with E-state index in [2.05, 4.69) is 10.2 Å². The van der Waals surface area contributed by atoms with Crippen LogP contribution in [0.2, 0.25) is 5.02 Å². The van der Waals surface area contributed by atoms with Crippen molar-refractivity contribution in [2.24, 2.45) is 10.2 Å². The highest BCUT2D eigenvalue weighted by Gasteiger charge is 2.29. The number of carbonyl (C=O) groups is 2. The van der Waals surface area contributed by atoms with Gasteiger partial charge in [0.25, 0.3) is 5.91 Å². The van der Waals surface area contributed by atoms with Crippen LogP contribution in [0.25, 0.3) is 0 Å². The van der Waals surface area contributed by atoms with Gasteiger partial charge in [0.05, 0.1) is 38.1 Å². The van der Waals surface area contributed by atoms with Gasteiger partial charge in [0.2, 0.25) is 6.04 Å². The molecule has 1 unspecified atom stereocenters. The predicted molar refractivity (Wildman–Crippen MR) is 126 cm³/mol. The highest BCUT2D eigenvalue weighted by atomic mass is 35.5. The van der Waals surface area contributed by atoms with Crippen LogP contribution in [-0.4, -0.2) is 45.2 Å². The smallest absolute Gasteiger partial charge is 0.276 e. The van der Waals surface area contributed by atoms with Crippen LogP contribution >= 0.6 is 23.4 Å². The molecule has 1 amide bonds. The fourth-order valence-corrected chi connectivity index (χ4v) is 3.13. The number of ketones is 1. The van der Waals surface area contributed by atoms with E-state index in [0.717, 1.165) is 4.42 Å². The first kappa shape index (κ1) is 26.2. The molecule has 0 saturated heterocycles. The van der Waals surface area contributed by atoms with Gasteiger partial charge in [0.1, 0.15) is 5.69 Å². The van der Waals surface area contributed by atoms with Crippen molar-refractivity contribution in [3.8, 4) is 23.0 Å². The minimum Gasteiger partial charge on any atom is -0.493 e. The number of carbonyl (C=O) groups excluding carboxylic acids is 2. The van der Waals surface area contributed by atoms with Gasteiger partial charge in [-0.3, -0.25) is 9.59 Å². The Bertz CT molecular complexity index is 1030. The highest BCUT2D eigenvalue weighted by molar-refractivity contribution is 6.39. The predicted octanol–water partition coefficient (Wildman–Crippen LogP) is 5.38. The maximum absolute atomic E-state index is 13.0. The zero-order chi connectivity index (χ0) is 24.5. The monoisotopic (exact) mass is 497 g/mol. The third-order valence-electron chi connectivity index (χ3n) is 4.30. The molecule has 1 atom stereocenters. The van der Waals surface area contributed by atoms with Crippen molar-refractivity contribution >= 4 is 46.4 Å². The molecule has 0 heterocycles. The molecule has 2 aromatic rings. The molecule has 2 rings (SSSR count). The van der Waals surface area contributed by atoms with Crippen molar-refractivity contribution in [1.82, 2.24) is 0 Å². The van der Waals surface area contributed by atoms with Gasteiger partial charge in [-0.05, 0) is 32.9 Å². The van der Waals surface area contributed by atoms with E-state index < -0.39 is 17.7 Å². The molecule has 11 heteroatoms. The van der Waals surface area contributed by atoms with Crippen LogP contribution in [0, 0.1) is 0 Å². The van der Waals surface area contributed by atoms with E-state index in [0.29, 0.717) is 36.2 Å². The Morgan fingerprint density at radius 3 is 2.15 bits per heavy atom. The number of Topliss-reactive ketones (excluding diaryl/α,β-unsaturated/α-hetero) is 1. The Labute approximate surface area is 202 Å². The molecular weight excluding hydrogens is 473 g/mol. The summed E-state index contributed by atoms with van der Waals surface area (Å²) in [4.78, 5) is 25.1. The Kier molecular flexibility index (Phi) is 9.74. The summed E-state index contributed by atoms with van der Waals surface area (Å²) in [5, 5.41) is 8.08. The van der Waals surface area contributed by atoms with Crippen molar-refractivity contribution in [2.45, 2.75) is 26.8 Å². The molecule has 0 spiro atoms. The molecule has 0 N–H and O–H groups in total. The summed E-state index contributed by atoms with van der Waals surface area (Å²) in [6.45, 7) is 5.70. The SMILES string of the molecule is CCOc1ccc(N(Cl)C(=O)C(N=Nc2cc(OC)c(OC)cc2Cl)C(C)=O)cc1OCC. The van der Waals surface area contributed by atoms with Crippen LogP contribution in [0.15, 0.2) is 40.6 Å². The maximum atomic E-state index is 13.0. The summed E-state index contributed by atoms with van der Waals surface area (Å²) in [5.74, 6) is 0.324. The summed E-state index contributed by atoms with van der Waals surface area (Å²) in [6.07, 6.45) is 0. The third-order valence-corrected chi connectivity index (χ3v) is 4.96. The molecule has 0 aliphatic rings. The molecule has 2 aromatic carbocycles. The van der Waals surface area contributed by atoms with Crippen LogP contribution < -0.4 is 23.4 Å². The van der Waals surface area contributed by atoms with Gasteiger partial charge in [0, 0.05) is 30.0 Å². The highest BCUT2D eigenvalue weighted by Crippen LogP contribution is 2.38. The first-order valence-corrected chi connectivity index (χ1v) is 10.7. The van der Waals surface area contributed by atoms with E-state index in [1.54, 1.807) is 18.2 Å². The number of rotatable bonds is 11. The molecule has 0 fully saturated rings. The zero-order valence-corrected chi connectivity index (χ0v) is 20.4. The minimum absolute atomic E-state index is 0.189. The lowest BCUT2D eigenvalue weighted by atomic mass is 10.2. The second kappa shape index (κ2) is 12.3. The molecule has 0 saturated carbocycles. The first-order chi connectivity index (χ1) is 15.8. The Balaban J connectivity index is 2.34. The van der Waals surface area contributed by atoms with E-state index in [4.69, 9.17) is 42.3 Å². The summed E-state index contributed by atoms with van der Waals surface area (Å²) in [7, 11) is 2.92. The van der Waals surface area contributed by atoms with Crippen molar-refractivity contribution < 1.29 is 28.5 Å². The van der Waals surface area contributed by atoms with Gasteiger partial charge in [0.15, 0.2) is 28.8 Å². The molecule has 178 valence electrons. The third kappa shape index (κ3) is 6.49. The lowest BCUT2D eigenvalue weighted by Gasteiger charge is -2.19. The van der Waals surface area contributed by atoms with Crippen molar-refractivity contribution in [2.75, 3.05) is 31.9 Å². The van der Waals surface area contributed by atoms with E-state index in [-0.39, 0.29) is 16.4 Å². The lowest BCUT2D eigenvalue weighted by molar-refractivity contribution is -0.126. The molecule has 0 aliphatic carbocycles. The summed E-state index contributed by atoms with van der Waals surface area (Å²) < 4.78 is 22.3. The molecule has 0 aliphatic heterocycles. The number of hydrogen-bond acceptors (Lipinski definition) is 8. The summed E-state index contributed by atoms with van der Waals surface area (Å²) in [5.41, 5.74) is 0.466. The molecule has 33 heavy (non-hydrogen) atoms. The number of benzene rings is 2. The van der Waals surface area contributed by atoms with Gasteiger partial charge in [-0.1, -0.05) is 11.6 Å². The lowest BCUT2D eigenvalue weighted by Crippen LogP contribution is -2.36. The van der Waals surface area contributed by atoms with Gasteiger partial charge >= 0.3 is 0 Å². The summed E-state index contributed by atoms with van der Waals surface area (Å²) >= 11 is 12.5. The number of hydrogen-bond donors (Lipinski definition) is 0. The molecular formula is C22H25Cl2N3O6. The number of methoxy groups -OCH3 is 2. The summed E-state index contributed by atoms with van der Waals surface area (Å²) in [6, 6.07) is 6.21. The Hall–Kier alpha value is -3.04. The minimum atomic E-state index is -1.49. The van der Waals surface area contributed by atoms with E-state index in [9.17, 15) is 9.59 Å². The van der Waals surface area contributed by atoms with E-state index in [1.165, 1.54) is 33.3 Å². The van der Waals surface area contributed by atoms with Crippen LogP contribution in [0.5, 0.6) is 23.0 Å². The number of ether oxygens (including phenoxy) is 4. The Morgan fingerprint density at radius 2 is 1.58 bits per heavy atom. The van der Waals surface area contributed by atoms with Crippen LogP contribution in [0.1, 0.15) is 20.8 Å². The average molecular weight is 498 g/mol. The van der Waals surface area contributed by atoms with Gasteiger partial charge in [-0.25, -0.2) is 4.42 Å². The normalized spacial score (nSPS) is 11.7. The van der Waals surface area contributed by atoms with Crippen LogP contribution in [-0.2, 0) is 9.59 Å². The Morgan fingerprint density at radius 1 is 0.970 bits per heavy atom. The number of nitrogens with zero attached hydrogens (tertiary/aromatic N) is 3. The van der Waals surface area contributed by atoms with E-state index >= 15 is 0 Å². The topological polar surface area (TPSA) is 99.0 Å². The standard InChI is InChI=1S/C22H25Cl2N3O6/c1-6-32-17-9-8-14(10-20(17)33-7-2)27(24)22(29)21(13(3)28)26-25-16-12-19(31-5)18(30-4)11-15(16)23/h8-12,21H,6-7H2,1-5H3. The van der Waals surface area contributed by atoms with Crippen LogP contribution in [0.3, 0.4) is 0 Å². The molecule has 0 aromatic heterocycles. The fraction of sp³-hybridized carbons (Fsp3) is 0.364. The second-order valence-corrected chi connectivity index (χ2v) is 7.25. The number of anilines is 1. The number of azo groups is 1. The van der Waals surface area contributed by atoms with Gasteiger partial charge < -0.3 is 18.9 Å². The van der Waals surface area contributed by atoms with Crippen molar-refractivity contribution in [3.05, 3.63) is 35.4 Å². The molecule has 9 nitrogen and oxygen atoms in total. The van der Waals surface area contributed by atoms with Crippen molar-refractivity contribution in [1.29, 1.82) is 0 Å². The van der Waals surface area contributed by atoms with Crippen molar-refractivity contribution in [3.63, 3.8) is 0 Å². The molecule has 0 bridgehead atoms. The molecule has 0 radical (unpaired) electrons. The van der Waals surface area contributed by atoms with Gasteiger partial charge in [-0.2, -0.15) is 10.2 Å². The average Bonchev–Trinajstić information content (AvgIpc) is 2.80. The zero-order valence-electron chi connectivity index (χ0n) is 18.9. The fourth-order valence-electron chi connectivity index (χ4n) is 2.74.